The first-order chi connectivity index (χ1) is 11.7. The largest absolute Gasteiger partial charge is 0.478 e. The van der Waals surface area contributed by atoms with Crippen LogP contribution in [-0.4, -0.2) is 56.3 Å². The van der Waals surface area contributed by atoms with Gasteiger partial charge >= 0.3 is 5.97 Å². The molecule has 0 aliphatic carbocycles. The van der Waals surface area contributed by atoms with Gasteiger partial charge < -0.3 is 14.4 Å². The van der Waals surface area contributed by atoms with E-state index in [4.69, 9.17) is 4.74 Å². The lowest BCUT2D eigenvalue weighted by Crippen LogP contribution is -2.34. The van der Waals surface area contributed by atoms with Crippen molar-refractivity contribution in [3.05, 3.63) is 23.7 Å². The van der Waals surface area contributed by atoms with Gasteiger partial charge in [-0.25, -0.2) is 14.8 Å². The average Bonchev–Trinajstić information content (AvgIpc) is 2.88. The Morgan fingerprint density at radius 3 is 2.79 bits per heavy atom. The van der Waals surface area contributed by atoms with Gasteiger partial charge in [0.25, 0.3) is 0 Å². The van der Waals surface area contributed by atoms with Crippen molar-refractivity contribution in [1.82, 2.24) is 19.4 Å². The van der Waals surface area contributed by atoms with Crippen molar-refractivity contribution in [2.45, 2.75) is 44.9 Å². The first-order valence-electron chi connectivity index (χ1n) is 8.63. The molecule has 7 nitrogen and oxygen atoms in total. The van der Waals surface area contributed by atoms with Crippen molar-refractivity contribution in [3.63, 3.8) is 0 Å². The molecular weight excluding hydrogens is 308 g/mol. The van der Waals surface area contributed by atoms with Crippen molar-refractivity contribution in [3.8, 4) is 0 Å². The predicted molar refractivity (Wildman–Crippen MR) is 88.0 cm³/mol. The van der Waals surface area contributed by atoms with Crippen LogP contribution in [0.15, 0.2) is 12.3 Å². The van der Waals surface area contributed by atoms with Crippen LogP contribution in [0.1, 0.15) is 41.9 Å². The summed E-state index contributed by atoms with van der Waals surface area (Å²) in [4.78, 5) is 22.6. The predicted octanol–water partition coefficient (Wildman–Crippen LogP) is 1.90. The summed E-state index contributed by atoms with van der Waals surface area (Å²) in [5.41, 5.74) is 1.60. The normalized spacial score (nSPS) is 21.8. The highest BCUT2D eigenvalue weighted by molar-refractivity contribution is 5.90. The molecule has 4 rings (SSSR count). The summed E-state index contributed by atoms with van der Waals surface area (Å²) in [5.74, 6) is -0.00735. The lowest BCUT2D eigenvalue weighted by Gasteiger charge is -2.29. The smallest absolute Gasteiger partial charge is 0.337 e. The van der Waals surface area contributed by atoms with Gasteiger partial charge in [-0.3, -0.25) is 4.90 Å². The molecule has 1 N–H and O–H groups in total. The van der Waals surface area contributed by atoms with Crippen LogP contribution < -0.4 is 0 Å². The minimum absolute atomic E-state index is 0.191. The van der Waals surface area contributed by atoms with Gasteiger partial charge in [0.1, 0.15) is 5.82 Å². The molecule has 0 aromatic carbocycles. The number of carboxylic acid groups (broad SMARTS) is 1. The van der Waals surface area contributed by atoms with E-state index in [2.05, 4.69) is 19.4 Å². The third kappa shape index (κ3) is 3.01. The second-order valence-corrected chi connectivity index (χ2v) is 6.63. The Bertz CT molecular complexity index is 748. The van der Waals surface area contributed by atoms with Crippen LogP contribution in [0, 0.1) is 0 Å². The van der Waals surface area contributed by atoms with Crippen LogP contribution in [0.3, 0.4) is 0 Å². The summed E-state index contributed by atoms with van der Waals surface area (Å²) >= 11 is 0. The van der Waals surface area contributed by atoms with Gasteiger partial charge in [-0.15, -0.1) is 0 Å². The first kappa shape index (κ1) is 15.5. The van der Waals surface area contributed by atoms with Crippen LogP contribution in [0.5, 0.6) is 0 Å². The zero-order valence-corrected chi connectivity index (χ0v) is 13.6. The van der Waals surface area contributed by atoms with Gasteiger partial charge in [0.15, 0.2) is 5.65 Å². The second kappa shape index (κ2) is 6.49. The van der Waals surface area contributed by atoms with E-state index in [0.717, 1.165) is 44.0 Å². The number of aromatic nitrogens is 3. The molecule has 2 aromatic heterocycles. The molecule has 0 saturated carbocycles. The number of rotatable bonds is 5. The van der Waals surface area contributed by atoms with Gasteiger partial charge in [-0.1, -0.05) is 6.42 Å². The highest BCUT2D eigenvalue weighted by Gasteiger charge is 2.24. The molecule has 0 radical (unpaired) electrons. The number of carbonyl (C=O) groups is 1. The van der Waals surface area contributed by atoms with Gasteiger partial charge in [-0.05, 0) is 38.4 Å². The summed E-state index contributed by atoms with van der Waals surface area (Å²) in [5, 5.41) is 9.24. The number of nitrogens with zero attached hydrogens (tertiary/aromatic N) is 4. The van der Waals surface area contributed by atoms with Crippen molar-refractivity contribution < 1.29 is 14.6 Å². The maximum Gasteiger partial charge on any atom is 0.337 e. The van der Waals surface area contributed by atoms with Crippen molar-refractivity contribution in [2.75, 3.05) is 19.7 Å². The molecule has 2 fully saturated rings. The topological polar surface area (TPSA) is 80.5 Å². The molecule has 7 heteroatoms. The van der Waals surface area contributed by atoms with E-state index in [1.54, 1.807) is 6.07 Å². The molecule has 0 spiro atoms. The molecule has 2 aromatic rings. The zero-order chi connectivity index (χ0) is 16.5. The zero-order valence-electron chi connectivity index (χ0n) is 13.6. The third-order valence-corrected chi connectivity index (χ3v) is 4.92. The Morgan fingerprint density at radius 1 is 1.33 bits per heavy atom. The maximum atomic E-state index is 11.3. The molecule has 128 valence electrons. The van der Waals surface area contributed by atoms with Crippen LogP contribution in [0.25, 0.3) is 11.2 Å². The molecule has 1 atom stereocenters. The number of imidazole rings is 1. The van der Waals surface area contributed by atoms with Gasteiger partial charge in [0, 0.05) is 12.8 Å². The molecule has 2 aliphatic rings. The Hall–Kier alpha value is -1.99. The van der Waals surface area contributed by atoms with Crippen LogP contribution in [0.2, 0.25) is 0 Å². The maximum absolute atomic E-state index is 11.3. The monoisotopic (exact) mass is 330 g/mol. The molecule has 2 aliphatic heterocycles. The lowest BCUT2D eigenvalue weighted by molar-refractivity contribution is -0.0592. The Labute approximate surface area is 140 Å². The van der Waals surface area contributed by atoms with E-state index in [9.17, 15) is 9.90 Å². The van der Waals surface area contributed by atoms with Crippen LogP contribution in [-0.2, 0) is 17.8 Å². The highest BCUT2D eigenvalue weighted by atomic mass is 16.5. The number of pyridine rings is 1. The molecule has 0 bridgehead atoms. The molecule has 1 unspecified atom stereocenters. The Balaban J connectivity index is 1.69. The van der Waals surface area contributed by atoms with E-state index in [0.29, 0.717) is 12.2 Å². The molecule has 24 heavy (non-hydrogen) atoms. The van der Waals surface area contributed by atoms with Crippen LogP contribution >= 0.6 is 0 Å². The SMILES string of the molecule is O=C(O)c1cnc2nc(CN3CCCCC3)n(CC3CCO3)c2c1. The van der Waals surface area contributed by atoms with Crippen molar-refractivity contribution in [1.29, 1.82) is 0 Å². The summed E-state index contributed by atoms with van der Waals surface area (Å²) in [6, 6.07) is 1.68. The summed E-state index contributed by atoms with van der Waals surface area (Å²) in [7, 11) is 0. The Kier molecular flexibility index (Phi) is 4.20. The second-order valence-electron chi connectivity index (χ2n) is 6.63. The van der Waals surface area contributed by atoms with Crippen molar-refractivity contribution >= 4 is 17.1 Å². The number of likely N-dealkylation sites (tertiary alicyclic amines) is 1. The molecule has 0 amide bonds. The third-order valence-electron chi connectivity index (χ3n) is 4.92. The van der Waals surface area contributed by atoms with E-state index >= 15 is 0 Å². The van der Waals surface area contributed by atoms with Gasteiger partial charge in [0.2, 0.25) is 0 Å². The minimum atomic E-state index is -0.963. The van der Waals surface area contributed by atoms with E-state index in [-0.39, 0.29) is 11.7 Å². The summed E-state index contributed by atoms with van der Waals surface area (Å²) in [6.07, 6.45) is 6.37. The quantitative estimate of drug-likeness (QED) is 0.902. The van der Waals surface area contributed by atoms with Gasteiger partial charge in [-0.2, -0.15) is 0 Å². The molecular formula is C17H22N4O3. The number of aromatic carboxylic acids is 1. The number of ether oxygens (including phenoxy) is 1. The number of hydrogen-bond acceptors (Lipinski definition) is 5. The fraction of sp³-hybridized carbons (Fsp3) is 0.588. The molecule has 4 heterocycles. The number of piperidine rings is 1. The minimum Gasteiger partial charge on any atom is -0.478 e. The number of fused-ring (bicyclic) bond motifs is 1. The first-order valence-corrected chi connectivity index (χ1v) is 8.63. The van der Waals surface area contributed by atoms with E-state index in [1.807, 2.05) is 0 Å². The van der Waals surface area contributed by atoms with E-state index < -0.39 is 5.97 Å². The van der Waals surface area contributed by atoms with Gasteiger partial charge in [0.05, 0.1) is 30.3 Å². The number of carboxylic acids is 1. The molecule has 2 saturated heterocycles. The summed E-state index contributed by atoms with van der Waals surface area (Å²) < 4.78 is 7.68. The fourth-order valence-corrected chi connectivity index (χ4v) is 3.44. The van der Waals surface area contributed by atoms with Crippen LogP contribution in [0.4, 0.5) is 0 Å². The highest BCUT2D eigenvalue weighted by Crippen LogP contribution is 2.22. The summed E-state index contributed by atoms with van der Waals surface area (Å²) in [6.45, 7) is 4.49. The lowest BCUT2D eigenvalue weighted by atomic mass is 10.1. The van der Waals surface area contributed by atoms with Crippen molar-refractivity contribution in [2.24, 2.45) is 0 Å². The average molecular weight is 330 g/mol. The Morgan fingerprint density at radius 2 is 2.12 bits per heavy atom. The van der Waals surface area contributed by atoms with E-state index in [1.165, 1.54) is 25.5 Å². The number of hydrogen-bond donors (Lipinski definition) is 1. The standard InChI is InChI=1S/C17H22N4O3/c22-17(23)12-8-14-16(18-9-12)19-15(11-20-5-2-1-3-6-20)21(14)10-13-4-7-24-13/h8-9,13H,1-7,10-11H2,(H,22,23). The fourth-order valence-electron chi connectivity index (χ4n) is 3.44.